The molecular weight excluding hydrogens is 244 g/mol. The summed E-state index contributed by atoms with van der Waals surface area (Å²) in [4.78, 5) is 2.66. The molecule has 0 aliphatic carbocycles. The first-order valence-electron chi connectivity index (χ1n) is 8.08. The first-order valence-corrected chi connectivity index (χ1v) is 8.08. The van der Waals surface area contributed by atoms with Crippen LogP contribution < -0.4 is 5.32 Å². The van der Waals surface area contributed by atoms with E-state index in [4.69, 9.17) is 0 Å². The molecule has 2 atom stereocenters. The highest BCUT2D eigenvalue weighted by Crippen LogP contribution is 2.15. The Hall–Kier alpha value is -0.860. The molecule has 20 heavy (non-hydrogen) atoms. The van der Waals surface area contributed by atoms with Crippen molar-refractivity contribution in [3.05, 3.63) is 35.4 Å². The lowest BCUT2D eigenvalue weighted by Gasteiger charge is -2.39. The normalized spacial score (nSPS) is 24.2. The van der Waals surface area contributed by atoms with E-state index in [1.54, 1.807) is 0 Å². The van der Waals surface area contributed by atoms with Gasteiger partial charge < -0.3 is 5.32 Å². The molecule has 2 rings (SSSR count). The third-order valence-electron chi connectivity index (χ3n) is 4.47. The Kier molecular flexibility index (Phi) is 5.62. The van der Waals surface area contributed by atoms with Crippen LogP contribution in [0.5, 0.6) is 0 Å². The maximum atomic E-state index is 3.70. The van der Waals surface area contributed by atoms with Crippen LogP contribution in [0.25, 0.3) is 0 Å². The summed E-state index contributed by atoms with van der Waals surface area (Å²) in [6.07, 6.45) is 2.46. The van der Waals surface area contributed by atoms with E-state index in [0.717, 1.165) is 12.5 Å². The third-order valence-corrected chi connectivity index (χ3v) is 4.47. The van der Waals surface area contributed by atoms with Crippen molar-refractivity contribution in [1.29, 1.82) is 0 Å². The van der Waals surface area contributed by atoms with Gasteiger partial charge in [0.1, 0.15) is 0 Å². The summed E-state index contributed by atoms with van der Waals surface area (Å²) in [5.74, 6) is 0.777. The van der Waals surface area contributed by atoms with Gasteiger partial charge in [-0.1, -0.05) is 38.1 Å². The molecule has 0 saturated carbocycles. The topological polar surface area (TPSA) is 15.3 Å². The lowest BCUT2D eigenvalue weighted by molar-refractivity contribution is 0.133. The van der Waals surface area contributed by atoms with Crippen LogP contribution >= 0.6 is 0 Å². The minimum atomic E-state index is 0.655. The van der Waals surface area contributed by atoms with Crippen LogP contribution in [0.4, 0.5) is 0 Å². The maximum Gasteiger partial charge on any atom is 0.0198 e. The standard InChI is InChI=1S/C18H30N2/c1-14(2)11-18-13-20(16(4)12-19-18)10-9-17-8-6-5-7-15(17)3/h5-8,14,16,18-19H,9-13H2,1-4H3. The second-order valence-corrected chi connectivity index (χ2v) is 6.76. The van der Waals surface area contributed by atoms with Gasteiger partial charge in [-0.15, -0.1) is 0 Å². The zero-order valence-corrected chi connectivity index (χ0v) is 13.5. The van der Waals surface area contributed by atoms with Gasteiger partial charge >= 0.3 is 0 Å². The largest absolute Gasteiger partial charge is 0.311 e. The Labute approximate surface area is 124 Å². The van der Waals surface area contributed by atoms with Gasteiger partial charge in [-0.25, -0.2) is 0 Å². The fourth-order valence-corrected chi connectivity index (χ4v) is 3.19. The summed E-state index contributed by atoms with van der Waals surface area (Å²) in [5, 5.41) is 3.70. The number of nitrogens with zero attached hydrogens (tertiary/aromatic N) is 1. The van der Waals surface area contributed by atoms with E-state index >= 15 is 0 Å². The Morgan fingerprint density at radius 1 is 1.30 bits per heavy atom. The highest BCUT2D eigenvalue weighted by atomic mass is 15.2. The summed E-state index contributed by atoms with van der Waals surface area (Å²) < 4.78 is 0. The number of piperazine rings is 1. The van der Waals surface area contributed by atoms with Gasteiger partial charge in [-0.2, -0.15) is 0 Å². The molecule has 1 aliphatic heterocycles. The summed E-state index contributed by atoms with van der Waals surface area (Å²) in [5.41, 5.74) is 2.92. The number of nitrogens with one attached hydrogen (secondary N) is 1. The molecule has 1 aromatic rings. The van der Waals surface area contributed by atoms with Crippen LogP contribution in [0, 0.1) is 12.8 Å². The fraction of sp³-hybridized carbons (Fsp3) is 0.667. The zero-order valence-electron chi connectivity index (χ0n) is 13.5. The molecule has 1 fully saturated rings. The number of hydrogen-bond donors (Lipinski definition) is 1. The Bertz CT molecular complexity index is 414. The summed E-state index contributed by atoms with van der Waals surface area (Å²) in [6.45, 7) is 12.7. The Balaban J connectivity index is 1.88. The lowest BCUT2D eigenvalue weighted by atomic mass is 9.99. The molecule has 2 unspecified atom stereocenters. The van der Waals surface area contributed by atoms with Crippen molar-refractivity contribution in [2.24, 2.45) is 5.92 Å². The van der Waals surface area contributed by atoms with Crippen LogP contribution in [0.3, 0.4) is 0 Å². The second kappa shape index (κ2) is 7.24. The maximum absolute atomic E-state index is 3.70. The van der Waals surface area contributed by atoms with Crippen molar-refractivity contribution in [2.75, 3.05) is 19.6 Å². The Morgan fingerprint density at radius 2 is 2.05 bits per heavy atom. The molecule has 1 N–H and O–H groups in total. The molecule has 0 aromatic heterocycles. The minimum absolute atomic E-state index is 0.655. The molecule has 1 heterocycles. The predicted molar refractivity (Wildman–Crippen MR) is 87.2 cm³/mol. The quantitative estimate of drug-likeness (QED) is 0.886. The highest BCUT2D eigenvalue weighted by Gasteiger charge is 2.24. The van der Waals surface area contributed by atoms with Gasteiger partial charge in [0.15, 0.2) is 0 Å². The number of aryl methyl sites for hydroxylation is 1. The van der Waals surface area contributed by atoms with Crippen LogP contribution in [0.15, 0.2) is 24.3 Å². The molecule has 112 valence electrons. The molecule has 0 bridgehead atoms. The lowest BCUT2D eigenvalue weighted by Crippen LogP contribution is -2.56. The van der Waals surface area contributed by atoms with E-state index in [1.807, 2.05) is 0 Å². The van der Waals surface area contributed by atoms with Gasteiger partial charge in [0.2, 0.25) is 0 Å². The highest BCUT2D eigenvalue weighted by molar-refractivity contribution is 5.25. The second-order valence-electron chi connectivity index (χ2n) is 6.76. The summed E-state index contributed by atoms with van der Waals surface area (Å²) >= 11 is 0. The molecule has 2 nitrogen and oxygen atoms in total. The molecule has 0 spiro atoms. The van der Waals surface area contributed by atoms with Crippen molar-refractivity contribution >= 4 is 0 Å². The van der Waals surface area contributed by atoms with E-state index in [2.05, 4.69) is 62.2 Å². The first-order chi connectivity index (χ1) is 9.56. The average Bonchev–Trinajstić information content (AvgIpc) is 2.40. The fourth-order valence-electron chi connectivity index (χ4n) is 3.19. The number of benzene rings is 1. The van der Waals surface area contributed by atoms with E-state index < -0.39 is 0 Å². The van der Waals surface area contributed by atoms with Gasteiger partial charge in [0, 0.05) is 31.7 Å². The van der Waals surface area contributed by atoms with Crippen molar-refractivity contribution < 1.29 is 0 Å². The van der Waals surface area contributed by atoms with Gasteiger partial charge in [-0.05, 0) is 43.7 Å². The average molecular weight is 274 g/mol. The molecule has 0 radical (unpaired) electrons. The minimum Gasteiger partial charge on any atom is -0.311 e. The van der Waals surface area contributed by atoms with Crippen molar-refractivity contribution in [2.45, 2.75) is 52.6 Å². The molecule has 1 aliphatic rings. The first kappa shape index (κ1) is 15.5. The summed E-state index contributed by atoms with van der Waals surface area (Å²) in [7, 11) is 0. The van der Waals surface area contributed by atoms with Crippen LogP contribution in [0.1, 0.15) is 38.3 Å². The van der Waals surface area contributed by atoms with Crippen molar-refractivity contribution in [3.8, 4) is 0 Å². The third kappa shape index (κ3) is 4.32. The van der Waals surface area contributed by atoms with Gasteiger partial charge in [0.25, 0.3) is 0 Å². The van der Waals surface area contributed by atoms with Crippen LogP contribution in [0.2, 0.25) is 0 Å². The molecular formula is C18H30N2. The Morgan fingerprint density at radius 3 is 2.75 bits per heavy atom. The van der Waals surface area contributed by atoms with E-state index in [1.165, 1.54) is 37.1 Å². The van der Waals surface area contributed by atoms with Gasteiger partial charge in [0.05, 0.1) is 0 Å². The predicted octanol–water partition coefficient (Wildman–Crippen LogP) is 3.25. The number of rotatable bonds is 5. The molecule has 0 amide bonds. The summed E-state index contributed by atoms with van der Waals surface area (Å²) in [6, 6.07) is 10.1. The number of hydrogen-bond acceptors (Lipinski definition) is 2. The van der Waals surface area contributed by atoms with Crippen molar-refractivity contribution in [3.63, 3.8) is 0 Å². The van der Waals surface area contributed by atoms with E-state index in [0.29, 0.717) is 12.1 Å². The SMILES string of the molecule is Cc1ccccc1CCN1CC(CC(C)C)NCC1C. The zero-order chi connectivity index (χ0) is 14.5. The van der Waals surface area contributed by atoms with Crippen molar-refractivity contribution in [1.82, 2.24) is 10.2 Å². The van der Waals surface area contributed by atoms with Gasteiger partial charge in [-0.3, -0.25) is 4.90 Å². The molecule has 2 heteroatoms. The smallest absolute Gasteiger partial charge is 0.0198 e. The molecule has 1 aromatic carbocycles. The van der Waals surface area contributed by atoms with E-state index in [9.17, 15) is 0 Å². The van der Waals surface area contributed by atoms with E-state index in [-0.39, 0.29) is 0 Å². The monoisotopic (exact) mass is 274 g/mol. The van der Waals surface area contributed by atoms with Crippen LogP contribution in [-0.4, -0.2) is 36.6 Å². The molecule has 1 saturated heterocycles. The van der Waals surface area contributed by atoms with Crippen LogP contribution in [-0.2, 0) is 6.42 Å².